The summed E-state index contributed by atoms with van der Waals surface area (Å²) in [4.78, 5) is 29.2. The molecule has 1 heterocycles. The molecule has 13 heteroatoms. The van der Waals surface area contributed by atoms with Gasteiger partial charge in [-0.3, -0.25) is 4.79 Å². The monoisotopic (exact) mass is 414 g/mol. The van der Waals surface area contributed by atoms with Crippen LogP contribution in [0.5, 0.6) is 0 Å². The molecular weight excluding hydrogens is 400 g/mol. The van der Waals surface area contributed by atoms with Crippen LogP contribution >= 0.6 is 7.75 Å². The minimum absolute atomic E-state index is 0.0976. The van der Waals surface area contributed by atoms with Crippen molar-refractivity contribution >= 4 is 28.7 Å². The summed E-state index contributed by atoms with van der Waals surface area (Å²) in [6, 6.07) is 2.59. The van der Waals surface area contributed by atoms with Gasteiger partial charge in [0.05, 0.1) is 16.0 Å². The number of sulfonamides is 1. The Morgan fingerprint density at radius 2 is 1.85 bits per heavy atom. The van der Waals surface area contributed by atoms with Crippen molar-refractivity contribution in [2.75, 3.05) is 6.54 Å². The van der Waals surface area contributed by atoms with Crippen LogP contribution in [0.3, 0.4) is 0 Å². The number of benzene rings is 1. The first-order valence-corrected chi connectivity index (χ1v) is 10.2. The number of hydrogen-bond donors (Lipinski definition) is 3. The standard InChI is InChI=1S/C13H14F3N2O6PS/c1-2-5-17-26(23,24)11-6-8-3-4-12(19)18(25(20,21)22)10(8)7-9(11)13(14,15)16/h3-4,6-7,17H,2,5H2,1H3,(H2,20,21,22). The highest BCUT2D eigenvalue weighted by atomic mass is 32.2. The zero-order valence-electron chi connectivity index (χ0n) is 13.2. The molecule has 0 unspecified atom stereocenters. The highest BCUT2D eigenvalue weighted by Gasteiger charge is 2.38. The van der Waals surface area contributed by atoms with Gasteiger partial charge in [0.1, 0.15) is 0 Å². The summed E-state index contributed by atoms with van der Waals surface area (Å²) < 4.78 is 78.0. The van der Waals surface area contributed by atoms with Gasteiger partial charge in [0.2, 0.25) is 10.0 Å². The third-order valence-electron chi connectivity index (χ3n) is 3.37. The molecule has 0 spiro atoms. The topological polar surface area (TPSA) is 126 Å². The van der Waals surface area contributed by atoms with Gasteiger partial charge in [-0.15, -0.1) is 0 Å². The molecule has 0 radical (unpaired) electrons. The third-order valence-corrected chi connectivity index (χ3v) is 5.80. The van der Waals surface area contributed by atoms with Crippen molar-refractivity contribution in [3.05, 3.63) is 40.2 Å². The fourth-order valence-electron chi connectivity index (χ4n) is 2.28. The van der Waals surface area contributed by atoms with Crippen molar-refractivity contribution < 1.29 is 35.9 Å². The Hall–Kier alpha value is -1.72. The summed E-state index contributed by atoms with van der Waals surface area (Å²) in [5.41, 5.74) is -3.59. The summed E-state index contributed by atoms with van der Waals surface area (Å²) in [5.74, 6) is 0. The van der Waals surface area contributed by atoms with Crippen LogP contribution in [-0.2, 0) is 20.8 Å². The van der Waals surface area contributed by atoms with Crippen LogP contribution in [0.1, 0.15) is 18.9 Å². The minimum Gasteiger partial charge on any atom is -0.308 e. The summed E-state index contributed by atoms with van der Waals surface area (Å²) in [5, 5.41) is -0.252. The van der Waals surface area contributed by atoms with Crippen LogP contribution in [0.4, 0.5) is 13.2 Å². The Bertz CT molecular complexity index is 1060. The van der Waals surface area contributed by atoms with E-state index in [9.17, 15) is 40.7 Å². The van der Waals surface area contributed by atoms with E-state index in [0.29, 0.717) is 12.5 Å². The highest BCUT2D eigenvalue weighted by molar-refractivity contribution is 7.89. The van der Waals surface area contributed by atoms with E-state index in [4.69, 9.17) is 0 Å². The molecule has 144 valence electrons. The van der Waals surface area contributed by atoms with Crippen LogP contribution in [0.15, 0.2) is 34.0 Å². The summed E-state index contributed by atoms with van der Waals surface area (Å²) >= 11 is 0. The zero-order valence-corrected chi connectivity index (χ0v) is 14.9. The van der Waals surface area contributed by atoms with Gasteiger partial charge in [0, 0.05) is 18.0 Å². The van der Waals surface area contributed by atoms with Gasteiger partial charge in [-0.2, -0.15) is 13.2 Å². The number of aromatic nitrogens is 1. The number of nitrogens with zero attached hydrogens (tertiary/aromatic N) is 1. The maximum Gasteiger partial charge on any atom is 0.437 e. The molecule has 0 aliphatic carbocycles. The smallest absolute Gasteiger partial charge is 0.308 e. The zero-order chi connectivity index (χ0) is 19.9. The first-order chi connectivity index (χ1) is 11.8. The molecule has 0 amide bonds. The lowest BCUT2D eigenvalue weighted by atomic mass is 10.1. The van der Waals surface area contributed by atoms with E-state index < -0.39 is 45.5 Å². The Balaban J connectivity index is 2.95. The first-order valence-electron chi connectivity index (χ1n) is 7.12. The maximum absolute atomic E-state index is 13.4. The summed E-state index contributed by atoms with van der Waals surface area (Å²) in [6.07, 6.45) is -4.80. The van der Waals surface area contributed by atoms with Crippen molar-refractivity contribution in [2.24, 2.45) is 0 Å². The van der Waals surface area contributed by atoms with Crippen molar-refractivity contribution in [2.45, 2.75) is 24.4 Å². The largest absolute Gasteiger partial charge is 0.437 e. The van der Waals surface area contributed by atoms with Crippen molar-refractivity contribution in [3.63, 3.8) is 0 Å². The normalized spacial score (nSPS) is 13.3. The number of halogens is 3. The van der Waals surface area contributed by atoms with Crippen LogP contribution in [0.25, 0.3) is 10.9 Å². The van der Waals surface area contributed by atoms with Crippen LogP contribution in [-0.4, -0.2) is 29.1 Å². The molecule has 3 N–H and O–H groups in total. The first kappa shape index (κ1) is 20.6. The number of fused-ring (bicyclic) bond motifs is 1. The predicted molar refractivity (Wildman–Crippen MR) is 86.1 cm³/mol. The van der Waals surface area contributed by atoms with Crippen molar-refractivity contribution in [3.8, 4) is 0 Å². The average molecular weight is 414 g/mol. The van der Waals surface area contributed by atoms with E-state index in [0.717, 1.165) is 12.1 Å². The molecule has 2 rings (SSSR count). The Morgan fingerprint density at radius 3 is 2.35 bits per heavy atom. The predicted octanol–water partition coefficient (Wildman–Crippen LogP) is 1.65. The molecule has 1 aromatic heterocycles. The van der Waals surface area contributed by atoms with Crippen LogP contribution < -0.4 is 10.3 Å². The van der Waals surface area contributed by atoms with E-state index in [-0.39, 0.29) is 22.3 Å². The fraction of sp³-hybridized carbons (Fsp3) is 0.308. The molecule has 0 atom stereocenters. The highest BCUT2D eigenvalue weighted by Crippen LogP contribution is 2.41. The lowest BCUT2D eigenvalue weighted by Crippen LogP contribution is -2.27. The lowest BCUT2D eigenvalue weighted by molar-refractivity contribution is -0.139. The molecule has 26 heavy (non-hydrogen) atoms. The Kier molecular flexibility index (Phi) is 5.37. The Labute approximate surface area is 145 Å². The third kappa shape index (κ3) is 3.99. The Morgan fingerprint density at radius 1 is 1.23 bits per heavy atom. The van der Waals surface area contributed by atoms with Crippen LogP contribution in [0.2, 0.25) is 0 Å². The summed E-state index contributed by atoms with van der Waals surface area (Å²) in [7, 11) is -9.81. The molecular formula is C13H14F3N2O6PS. The molecule has 0 fully saturated rings. The maximum atomic E-state index is 13.4. The lowest BCUT2D eigenvalue weighted by Gasteiger charge is -2.17. The van der Waals surface area contributed by atoms with Gasteiger partial charge in [0.15, 0.2) is 0 Å². The molecule has 2 aromatic rings. The van der Waals surface area contributed by atoms with E-state index in [2.05, 4.69) is 0 Å². The molecule has 1 aromatic carbocycles. The number of nitrogens with one attached hydrogen (secondary N) is 1. The SMILES string of the molecule is CCCNS(=O)(=O)c1cc2ccc(=O)n(P(=O)(O)O)c2cc1C(F)(F)F. The van der Waals surface area contributed by atoms with E-state index in [1.807, 2.05) is 4.72 Å². The van der Waals surface area contributed by atoms with Gasteiger partial charge >= 0.3 is 13.9 Å². The van der Waals surface area contributed by atoms with Crippen molar-refractivity contribution in [1.29, 1.82) is 0 Å². The molecule has 0 saturated heterocycles. The molecule has 0 saturated carbocycles. The second-order valence-electron chi connectivity index (χ2n) is 5.30. The summed E-state index contributed by atoms with van der Waals surface area (Å²) in [6.45, 7) is 1.52. The van der Waals surface area contributed by atoms with Gasteiger partial charge < -0.3 is 9.79 Å². The van der Waals surface area contributed by atoms with Gasteiger partial charge in [-0.05, 0) is 24.6 Å². The van der Waals surface area contributed by atoms with E-state index in [1.54, 1.807) is 6.92 Å². The fourth-order valence-corrected chi connectivity index (χ4v) is 4.43. The molecule has 0 aliphatic heterocycles. The number of alkyl halides is 3. The van der Waals surface area contributed by atoms with E-state index in [1.165, 1.54) is 0 Å². The van der Waals surface area contributed by atoms with Crippen LogP contribution in [0, 0.1) is 0 Å². The van der Waals surface area contributed by atoms with Gasteiger partial charge in [-0.25, -0.2) is 22.0 Å². The molecule has 0 bridgehead atoms. The molecule has 8 nitrogen and oxygen atoms in total. The average Bonchev–Trinajstić information content (AvgIpc) is 2.49. The minimum atomic E-state index is -5.27. The van der Waals surface area contributed by atoms with E-state index >= 15 is 0 Å². The number of rotatable bonds is 5. The van der Waals surface area contributed by atoms with Crippen molar-refractivity contribution in [1.82, 2.24) is 9.06 Å². The quantitative estimate of drug-likeness (QED) is 0.639. The van der Waals surface area contributed by atoms with Gasteiger partial charge in [0.25, 0.3) is 5.56 Å². The number of hydrogen-bond acceptors (Lipinski definition) is 4. The molecule has 0 aliphatic rings. The van der Waals surface area contributed by atoms with Gasteiger partial charge in [-0.1, -0.05) is 6.92 Å². The second kappa shape index (κ2) is 6.78. The number of pyridine rings is 1. The second-order valence-corrected chi connectivity index (χ2v) is 8.46.